The first-order valence-electron chi connectivity index (χ1n) is 6.74. The van der Waals surface area contributed by atoms with Crippen LogP contribution in [0.2, 0.25) is 0 Å². The molecule has 0 amide bonds. The highest BCUT2D eigenvalue weighted by Crippen LogP contribution is 2.23. The fourth-order valence-corrected chi connectivity index (χ4v) is 1.90. The summed E-state index contributed by atoms with van der Waals surface area (Å²) in [5, 5.41) is 12.1. The van der Waals surface area contributed by atoms with E-state index in [0.717, 1.165) is 0 Å². The van der Waals surface area contributed by atoms with Gasteiger partial charge in [-0.1, -0.05) is 18.6 Å². The Hall–Kier alpha value is -1.59. The third kappa shape index (κ3) is 7.11. The number of aryl methyl sites for hydroxylation is 1. The minimum Gasteiger partial charge on any atom is -0.478 e. The second kappa shape index (κ2) is 10.2. The van der Waals surface area contributed by atoms with E-state index < -0.39 is 11.9 Å². The number of carbonyl (C=O) groups excluding carboxylic acids is 1. The SMILES string of the molecule is C1CCNCC1.CC(=O)Oc1c(C)cccc1C(=O)O.Cl. The van der Waals surface area contributed by atoms with Crippen LogP contribution in [0, 0.1) is 6.92 Å². The number of halogens is 1. The lowest BCUT2D eigenvalue weighted by Gasteiger charge is -2.08. The van der Waals surface area contributed by atoms with E-state index in [1.165, 1.54) is 45.3 Å². The van der Waals surface area contributed by atoms with Gasteiger partial charge in [0, 0.05) is 6.92 Å². The Morgan fingerprint density at radius 1 is 1.19 bits per heavy atom. The minimum absolute atomic E-state index is 0. The number of hydrogen-bond donors (Lipinski definition) is 2. The van der Waals surface area contributed by atoms with E-state index in [9.17, 15) is 9.59 Å². The number of hydrogen-bond acceptors (Lipinski definition) is 4. The topological polar surface area (TPSA) is 75.6 Å². The first-order valence-corrected chi connectivity index (χ1v) is 6.74. The standard InChI is InChI=1S/C10H10O4.C5H11N.ClH/c1-6-4-3-5-8(10(12)13)9(6)14-7(2)11;1-2-4-6-5-3-1;/h3-5H,1-2H3,(H,12,13);6H,1-5H2;1H. The molecule has 0 aliphatic carbocycles. The van der Waals surface area contributed by atoms with Crippen LogP contribution in [0.5, 0.6) is 5.75 Å². The van der Waals surface area contributed by atoms with Gasteiger partial charge in [0.1, 0.15) is 11.3 Å². The molecule has 1 aliphatic heterocycles. The number of piperidine rings is 1. The molecule has 0 radical (unpaired) electrons. The number of nitrogens with one attached hydrogen (secondary N) is 1. The van der Waals surface area contributed by atoms with E-state index in [1.54, 1.807) is 19.1 Å². The van der Waals surface area contributed by atoms with Crippen LogP contribution in [0.1, 0.15) is 42.1 Å². The van der Waals surface area contributed by atoms with Crippen molar-refractivity contribution >= 4 is 24.3 Å². The number of carboxylic acid groups (broad SMARTS) is 1. The summed E-state index contributed by atoms with van der Waals surface area (Å²) in [7, 11) is 0. The lowest BCUT2D eigenvalue weighted by Crippen LogP contribution is -2.21. The number of esters is 1. The Morgan fingerprint density at radius 2 is 1.81 bits per heavy atom. The number of aromatic carboxylic acids is 1. The zero-order valence-corrected chi connectivity index (χ0v) is 13.2. The van der Waals surface area contributed by atoms with E-state index in [1.807, 2.05) is 0 Å². The molecule has 6 heteroatoms. The van der Waals surface area contributed by atoms with Gasteiger partial charge in [0.15, 0.2) is 0 Å². The van der Waals surface area contributed by atoms with Gasteiger partial charge in [0.25, 0.3) is 0 Å². The molecule has 1 aromatic rings. The molecule has 1 aliphatic rings. The lowest BCUT2D eigenvalue weighted by atomic mass is 10.1. The van der Waals surface area contributed by atoms with Gasteiger partial charge in [0.2, 0.25) is 0 Å². The maximum Gasteiger partial charge on any atom is 0.339 e. The summed E-state index contributed by atoms with van der Waals surface area (Å²) in [6, 6.07) is 4.68. The van der Waals surface area contributed by atoms with Crippen molar-refractivity contribution < 1.29 is 19.4 Å². The number of rotatable bonds is 2. The summed E-state index contributed by atoms with van der Waals surface area (Å²) in [5.74, 6) is -1.51. The average molecular weight is 316 g/mol. The summed E-state index contributed by atoms with van der Waals surface area (Å²) < 4.78 is 4.82. The lowest BCUT2D eigenvalue weighted by molar-refractivity contribution is -0.131. The quantitative estimate of drug-likeness (QED) is 0.648. The number of benzene rings is 1. The number of ether oxygens (including phenoxy) is 1. The van der Waals surface area contributed by atoms with Crippen LogP contribution in [0.3, 0.4) is 0 Å². The van der Waals surface area contributed by atoms with Crippen molar-refractivity contribution in [3.8, 4) is 5.75 Å². The van der Waals surface area contributed by atoms with Crippen molar-refractivity contribution in [3.63, 3.8) is 0 Å². The maximum atomic E-state index is 10.8. The average Bonchev–Trinajstić information content (AvgIpc) is 2.43. The highest BCUT2D eigenvalue weighted by molar-refractivity contribution is 5.92. The first kappa shape index (κ1) is 19.4. The predicted octanol–water partition coefficient (Wildman–Crippen LogP) is 2.80. The van der Waals surface area contributed by atoms with Gasteiger partial charge in [-0.3, -0.25) is 4.79 Å². The molecule has 5 nitrogen and oxygen atoms in total. The molecule has 0 atom stereocenters. The summed E-state index contributed by atoms with van der Waals surface area (Å²) >= 11 is 0. The van der Waals surface area contributed by atoms with Crippen LogP contribution in [-0.2, 0) is 4.79 Å². The third-order valence-corrected chi connectivity index (χ3v) is 2.90. The van der Waals surface area contributed by atoms with E-state index in [2.05, 4.69) is 5.32 Å². The Labute approximate surface area is 131 Å². The van der Waals surface area contributed by atoms with Gasteiger partial charge in [0.05, 0.1) is 0 Å². The highest BCUT2D eigenvalue weighted by atomic mass is 35.5. The largest absolute Gasteiger partial charge is 0.478 e. The second-order valence-corrected chi connectivity index (χ2v) is 4.66. The fraction of sp³-hybridized carbons (Fsp3) is 0.467. The summed E-state index contributed by atoms with van der Waals surface area (Å²) in [6.45, 7) is 5.42. The van der Waals surface area contributed by atoms with Gasteiger partial charge >= 0.3 is 11.9 Å². The van der Waals surface area contributed by atoms with Gasteiger partial charge in [-0.15, -0.1) is 12.4 Å². The molecule has 118 valence electrons. The molecule has 2 rings (SSSR count). The highest BCUT2D eigenvalue weighted by Gasteiger charge is 2.14. The van der Waals surface area contributed by atoms with Crippen molar-refractivity contribution in [2.24, 2.45) is 0 Å². The second-order valence-electron chi connectivity index (χ2n) is 4.66. The summed E-state index contributed by atoms with van der Waals surface area (Å²) in [6.07, 6.45) is 4.22. The summed E-state index contributed by atoms with van der Waals surface area (Å²) in [5.41, 5.74) is 0.625. The van der Waals surface area contributed by atoms with Crippen LogP contribution in [0.4, 0.5) is 0 Å². The van der Waals surface area contributed by atoms with Crippen molar-refractivity contribution in [3.05, 3.63) is 29.3 Å². The Balaban J connectivity index is 0.000000480. The van der Waals surface area contributed by atoms with Crippen molar-refractivity contribution in [2.75, 3.05) is 13.1 Å². The van der Waals surface area contributed by atoms with Crippen LogP contribution in [0.25, 0.3) is 0 Å². The molecule has 0 aromatic heterocycles. The molecule has 1 fully saturated rings. The van der Waals surface area contributed by atoms with Gasteiger partial charge < -0.3 is 15.2 Å². The zero-order chi connectivity index (χ0) is 15.0. The third-order valence-electron chi connectivity index (χ3n) is 2.90. The normalized spacial score (nSPS) is 13.2. The molecule has 1 aromatic carbocycles. The molecule has 0 spiro atoms. The molecular formula is C15H22ClNO4. The van der Waals surface area contributed by atoms with Crippen LogP contribution >= 0.6 is 12.4 Å². The smallest absolute Gasteiger partial charge is 0.339 e. The van der Waals surface area contributed by atoms with E-state index in [4.69, 9.17) is 9.84 Å². The van der Waals surface area contributed by atoms with Gasteiger partial charge in [-0.05, 0) is 44.5 Å². The Bertz CT molecular complexity index is 461. The number of carbonyl (C=O) groups is 2. The fourth-order valence-electron chi connectivity index (χ4n) is 1.90. The molecule has 1 heterocycles. The first-order chi connectivity index (χ1) is 9.52. The van der Waals surface area contributed by atoms with E-state index in [0.29, 0.717) is 5.56 Å². The van der Waals surface area contributed by atoms with Crippen LogP contribution in [-0.4, -0.2) is 30.1 Å². The minimum atomic E-state index is -1.11. The predicted molar refractivity (Wildman–Crippen MR) is 83.4 cm³/mol. The monoisotopic (exact) mass is 315 g/mol. The molecule has 0 saturated carbocycles. The summed E-state index contributed by atoms with van der Waals surface area (Å²) in [4.78, 5) is 21.5. The van der Waals surface area contributed by atoms with E-state index >= 15 is 0 Å². The molecule has 0 bridgehead atoms. The van der Waals surface area contributed by atoms with Gasteiger partial charge in [-0.25, -0.2) is 4.79 Å². The van der Waals surface area contributed by atoms with Crippen LogP contribution in [0.15, 0.2) is 18.2 Å². The van der Waals surface area contributed by atoms with E-state index in [-0.39, 0.29) is 23.7 Å². The van der Waals surface area contributed by atoms with Gasteiger partial charge in [-0.2, -0.15) is 0 Å². The molecule has 21 heavy (non-hydrogen) atoms. The molecule has 0 unspecified atom stereocenters. The number of carboxylic acids is 1. The number of para-hydroxylation sites is 1. The zero-order valence-electron chi connectivity index (χ0n) is 12.3. The van der Waals surface area contributed by atoms with Crippen LogP contribution < -0.4 is 10.1 Å². The Morgan fingerprint density at radius 3 is 2.19 bits per heavy atom. The van der Waals surface area contributed by atoms with Crippen molar-refractivity contribution in [1.82, 2.24) is 5.32 Å². The molecule has 1 saturated heterocycles. The Kier molecular flexibility index (Phi) is 9.41. The maximum absolute atomic E-state index is 10.8. The van der Waals surface area contributed by atoms with Crippen molar-refractivity contribution in [1.29, 1.82) is 0 Å². The molecular weight excluding hydrogens is 294 g/mol. The van der Waals surface area contributed by atoms with Crippen molar-refractivity contribution in [2.45, 2.75) is 33.1 Å². The molecule has 2 N–H and O–H groups in total.